The molecule has 2 fully saturated rings. The van der Waals surface area contributed by atoms with Crippen molar-refractivity contribution in [1.82, 2.24) is 19.5 Å². The van der Waals surface area contributed by atoms with E-state index in [-0.39, 0.29) is 40.9 Å². The fourth-order valence-electron chi connectivity index (χ4n) is 5.63. The van der Waals surface area contributed by atoms with Crippen LogP contribution < -0.4 is 15.4 Å². The number of carbonyl (C=O) groups is 2. The lowest BCUT2D eigenvalue weighted by Crippen LogP contribution is -2.39. The fourth-order valence-corrected chi connectivity index (χ4v) is 6.38. The van der Waals surface area contributed by atoms with E-state index in [0.717, 1.165) is 30.5 Å². The molecule has 2 aliphatic heterocycles. The van der Waals surface area contributed by atoms with Gasteiger partial charge >= 0.3 is 0 Å². The molecule has 2 aromatic heterocycles. The number of aryl methyl sites for hydroxylation is 1. The van der Waals surface area contributed by atoms with E-state index in [1.807, 2.05) is 26.1 Å². The van der Waals surface area contributed by atoms with Gasteiger partial charge < -0.3 is 15.5 Å². The number of primary amides is 1. The lowest BCUT2D eigenvalue weighted by Gasteiger charge is -2.35. The first-order chi connectivity index (χ1) is 18.4. The van der Waals surface area contributed by atoms with Gasteiger partial charge in [-0.05, 0) is 50.3 Å². The average Bonchev–Trinajstić information content (AvgIpc) is 3.46. The average molecular weight is 574 g/mol. The Morgan fingerprint density at radius 2 is 1.95 bits per heavy atom. The summed E-state index contributed by atoms with van der Waals surface area (Å²) < 4.78 is 28.0. The van der Waals surface area contributed by atoms with Gasteiger partial charge in [-0.1, -0.05) is 18.5 Å². The van der Waals surface area contributed by atoms with Crippen molar-refractivity contribution in [2.75, 3.05) is 35.5 Å². The summed E-state index contributed by atoms with van der Waals surface area (Å²) in [6, 6.07) is 6.10. The van der Waals surface area contributed by atoms with Gasteiger partial charge in [0.25, 0.3) is 5.91 Å². The molecule has 4 heterocycles. The van der Waals surface area contributed by atoms with Gasteiger partial charge in [-0.2, -0.15) is 5.10 Å². The fraction of sp³-hybridized carbons (Fsp3) is 0.462. The van der Waals surface area contributed by atoms with Crippen molar-refractivity contribution in [2.45, 2.75) is 39.2 Å². The second-order valence-corrected chi connectivity index (χ2v) is 12.8. The molecule has 0 spiro atoms. The Labute approximate surface area is 232 Å². The number of nitrogens with one attached hydrogen (secondary N) is 1. The molecule has 5 rings (SSSR count). The molecular weight excluding hydrogens is 542 g/mol. The van der Waals surface area contributed by atoms with Gasteiger partial charge in [0.2, 0.25) is 15.9 Å². The zero-order chi connectivity index (χ0) is 28.1. The predicted molar refractivity (Wildman–Crippen MR) is 149 cm³/mol. The normalized spacial score (nSPS) is 21.9. The van der Waals surface area contributed by atoms with Crippen molar-refractivity contribution in [3.63, 3.8) is 0 Å². The highest BCUT2D eigenvalue weighted by molar-refractivity contribution is 7.92. The van der Waals surface area contributed by atoms with Crippen molar-refractivity contribution in [3.05, 3.63) is 52.3 Å². The number of fused-ring (bicyclic) bond motifs is 1. The van der Waals surface area contributed by atoms with Crippen LogP contribution in [0.4, 0.5) is 11.5 Å². The van der Waals surface area contributed by atoms with Crippen LogP contribution in [0.2, 0.25) is 5.02 Å². The van der Waals surface area contributed by atoms with Crippen LogP contribution >= 0.6 is 11.6 Å². The van der Waals surface area contributed by atoms with Gasteiger partial charge in [0.15, 0.2) is 5.65 Å². The first-order valence-corrected chi connectivity index (χ1v) is 15.2. The topological polar surface area (TPSA) is 143 Å². The Bertz CT molecular complexity index is 1560. The maximum Gasteiger partial charge on any atom is 0.256 e. The number of rotatable bonds is 6. The van der Waals surface area contributed by atoms with Crippen molar-refractivity contribution in [1.29, 1.82) is 0 Å². The first kappa shape index (κ1) is 27.2. The predicted octanol–water partition coefficient (Wildman–Crippen LogP) is 2.99. The van der Waals surface area contributed by atoms with Gasteiger partial charge in [-0.3, -0.25) is 14.3 Å². The summed E-state index contributed by atoms with van der Waals surface area (Å²) in [4.78, 5) is 34.3. The van der Waals surface area contributed by atoms with Crippen LogP contribution in [0.3, 0.4) is 0 Å². The lowest BCUT2D eigenvalue weighted by atomic mass is 9.98. The number of anilines is 2. The van der Waals surface area contributed by atoms with E-state index in [2.05, 4.69) is 9.62 Å². The zero-order valence-corrected chi connectivity index (χ0v) is 23.7. The molecule has 208 valence electrons. The van der Waals surface area contributed by atoms with Crippen molar-refractivity contribution in [3.8, 4) is 0 Å². The Morgan fingerprint density at radius 3 is 2.64 bits per heavy atom. The molecule has 0 bridgehead atoms. The Balaban J connectivity index is 1.47. The summed E-state index contributed by atoms with van der Waals surface area (Å²) in [5, 5.41) is 5.11. The van der Waals surface area contributed by atoms with Gasteiger partial charge in [0.05, 0.1) is 35.2 Å². The van der Waals surface area contributed by atoms with Crippen LogP contribution in [0.15, 0.2) is 30.5 Å². The number of carbonyl (C=O) groups excluding carboxylic acids is 2. The number of halogens is 1. The molecule has 3 atom stereocenters. The number of benzene rings is 1. The number of hydrogen-bond acceptors (Lipinski definition) is 7. The molecule has 39 heavy (non-hydrogen) atoms. The van der Waals surface area contributed by atoms with E-state index in [1.165, 1.54) is 12.1 Å². The quantitative estimate of drug-likeness (QED) is 0.461. The molecule has 0 aliphatic carbocycles. The summed E-state index contributed by atoms with van der Waals surface area (Å²) >= 11 is 6.20. The summed E-state index contributed by atoms with van der Waals surface area (Å²) in [5.74, 6) is 0.0800. The monoisotopic (exact) mass is 573 g/mol. The lowest BCUT2D eigenvalue weighted by molar-refractivity contribution is -0.122. The van der Waals surface area contributed by atoms with Crippen molar-refractivity contribution < 1.29 is 18.0 Å². The maximum absolute atomic E-state index is 13.8. The zero-order valence-electron chi connectivity index (χ0n) is 22.1. The summed E-state index contributed by atoms with van der Waals surface area (Å²) in [7, 11) is -3.60. The number of piperidine rings is 1. The summed E-state index contributed by atoms with van der Waals surface area (Å²) in [5.41, 5.74) is 8.23. The molecule has 2 amide bonds. The van der Waals surface area contributed by atoms with Gasteiger partial charge in [0, 0.05) is 42.5 Å². The standard InChI is InChI=1S/C26H32ClN7O4S/c1-15-12-32(14-19(15)24(28)35)25-16(2)13-34-23(29-25)11-21(30-34)22-6-4-5-9-33(22)26(36)18-10-17(27)7-8-20(18)31-39(3,37)38/h7-8,10-11,13,15,19,22,31H,4-6,9,12,14H2,1-3H3,(H2,28,35)/t15-,19-,22-/m0/s1. The molecule has 3 aromatic rings. The van der Waals surface area contributed by atoms with Crippen LogP contribution in [0, 0.1) is 18.8 Å². The van der Waals surface area contributed by atoms with E-state index in [0.29, 0.717) is 42.4 Å². The van der Waals surface area contributed by atoms with E-state index < -0.39 is 10.0 Å². The van der Waals surface area contributed by atoms with E-state index in [1.54, 1.807) is 15.5 Å². The van der Waals surface area contributed by atoms with Crippen LogP contribution in [0.5, 0.6) is 0 Å². The highest BCUT2D eigenvalue weighted by Crippen LogP contribution is 2.35. The molecule has 0 radical (unpaired) electrons. The SMILES string of the molecule is Cc1cn2nc([C@@H]3CCCCN3C(=O)c3cc(Cl)ccc3NS(C)(=O)=O)cc2nc1N1C[C@H](C(N)=O)[C@@H](C)C1. The van der Waals surface area contributed by atoms with Crippen LogP contribution in [-0.2, 0) is 14.8 Å². The van der Waals surface area contributed by atoms with Crippen molar-refractivity contribution >= 4 is 50.6 Å². The number of nitrogens with two attached hydrogens (primary N) is 1. The van der Waals surface area contributed by atoms with Crippen LogP contribution in [0.1, 0.15) is 53.8 Å². The third-order valence-corrected chi connectivity index (χ3v) is 8.34. The summed E-state index contributed by atoms with van der Waals surface area (Å²) in [6.45, 7) is 5.69. The second-order valence-electron chi connectivity index (χ2n) is 10.6. The second kappa shape index (κ2) is 10.3. The molecule has 3 N–H and O–H groups in total. The molecule has 0 unspecified atom stereocenters. The van der Waals surface area contributed by atoms with Crippen molar-refractivity contribution in [2.24, 2.45) is 17.6 Å². The third kappa shape index (κ3) is 5.53. The number of sulfonamides is 1. The Hall–Kier alpha value is -3.38. The highest BCUT2D eigenvalue weighted by Gasteiger charge is 2.35. The van der Waals surface area contributed by atoms with E-state index >= 15 is 0 Å². The minimum Gasteiger partial charge on any atom is -0.369 e. The number of aromatic nitrogens is 3. The van der Waals surface area contributed by atoms with Gasteiger partial charge in [-0.15, -0.1) is 0 Å². The Kier molecular flexibility index (Phi) is 7.19. The van der Waals surface area contributed by atoms with Crippen LogP contribution in [-0.4, -0.2) is 65.6 Å². The van der Waals surface area contributed by atoms with Gasteiger partial charge in [-0.25, -0.2) is 17.9 Å². The molecular formula is C26H32ClN7O4S. The smallest absolute Gasteiger partial charge is 0.256 e. The highest BCUT2D eigenvalue weighted by atomic mass is 35.5. The molecule has 11 nitrogen and oxygen atoms in total. The first-order valence-electron chi connectivity index (χ1n) is 12.9. The largest absolute Gasteiger partial charge is 0.369 e. The summed E-state index contributed by atoms with van der Waals surface area (Å²) in [6.07, 6.45) is 5.39. The Morgan fingerprint density at radius 1 is 1.18 bits per heavy atom. The van der Waals surface area contributed by atoms with E-state index in [4.69, 9.17) is 27.4 Å². The molecule has 1 aromatic carbocycles. The maximum atomic E-state index is 13.8. The van der Waals surface area contributed by atoms with Gasteiger partial charge in [0.1, 0.15) is 5.82 Å². The molecule has 0 saturated carbocycles. The number of hydrogen-bond donors (Lipinski definition) is 2. The minimum absolute atomic E-state index is 0.135. The number of likely N-dealkylation sites (tertiary alicyclic amines) is 1. The number of nitrogens with zero attached hydrogens (tertiary/aromatic N) is 5. The minimum atomic E-state index is -3.60. The molecule has 2 saturated heterocycles. The van der Waals surface area contributed by atoms with E-state index in [9.17, 15) is 18.0 Å². The molecule has 2 aliphatic rings. The van der Waals surface area contributed by atoms with Crippen LogP contribution in [0.25, 0.3) is 5.65 Å². The molecule has 13 heteroatoms. The number of amides is 2. The third-order valence-electron chi connectivity index (χ3n) is 7.51.